The third-order valence-corrected chi connectivity index (χ3v) is 5.77. The summed E-state index contributed by atoms with van der Waals surface area (Å²) in [6, 6.07) is 34.4. The van der Waals surface area contributed by atoms with Gasteiger partial charge in [0.25, 0.3) is 0 Å². The van der Waals surface area contributed by atoms with Gasteiger partial charge in [-0.3, -0.25) is 0 Å². The molecule has 0 heterocycles. The average molecular weight is 438 g/mol. The van der Waals surface area contributed by atoms with Crippen molar-refractivity contribution in [1.29, 1.82) is 0 Å². The van der Waals surface area contributed by atoms with E-state index >= 15 is 0 Å². The van der Waals surface area contributed by atoms with Crippen molar-refractivity contribution in [3.8, 4) is 11.1 Å². The van der Waals surface area contributed by atoms with Crippen LogP contribution in [-0.4, -0.2) is 18.0 Å². The van der Waals surface area contributed by atoms with Crippen LogP contribution in [0.3, 0.4) is 0 Å². The van der Waals surface area contributed by atoms with Gasteiger partial charge in [0, 0.05) is 17.1 Å². The molecule has 0 spiro atoms. The summed E-state index contributed by atoms with van der Waals surface area (Å²) in [4.78, 5) is 2.28. The number of aliphatic hydroxyl groups excluding tert-OH is 1. The van der Waals surface area contributed by atoms with Gasteiger partial charge in [0.1, 0.15) is 0 Å². The molecule has 4 aromatic carbocycles. The SMILES string of the molecule is Cc1ccc(N(c2ccc(C)cc2)c2ccc(-c3ccccc3CCOC(C)O)cc2)cc1. The van der Waals surface area contributed by atoms with Crippen LogP contribution < -0.4 is 4.90 Å². The largest absolute Gasteiger partial charge is 0.368 e. The van der Waals surface area contributed by atoms with Crippen LogP contribution in [0.5, 0.6) is 0 Å². The van der Waals surface area contributed by atoms with Crippen LogP contribution in [0, 0.1) is 13.8 Å². The third kappa shape index (κ3) is 5.70. The van der Waals surface area contributed by atoms with Crippen molar-refractivity contribution >= 4 is 17.1 Å². The lowest BCUT2D eigenvalue weighted by Gasteiger charge is -2.26. The molecule has 0 amide bonds. The van der Waals surface area contributed by atoms with E-state index in [0.717, 1.165) is 23.5 Å². The highest BCUT2D eigenvalue weighted by Gasteiger charge is 2.13. The van der Waals surface area contributed by atoms with E-state index < -0.39 is 6.29 Å². The van der Waals surface area contributed by atoms with E-state index in [0.29, 0.717) is 6.61 Å². The summed E-state index contributed by atoms with van der Waals surface area (Å²) in [7, 11) is 0. The first-order chi connectivity index (χ1) is 16.0. The molecule has 168 valence electrons. The van der Waals surface area contributed by atoms with Gasteiger partial charge in [0.15, 0.2) is 6.29 Å². The fraction of sp³-hybridized carbons (Fsp3) is 0.200. The molecule has 33 heavy (non-hydrogen) atoms. The lowest BCUT2D eigenvalue weighted by atomic mass is 9.97. The first kappa shape index (κ1) is 22.8. The van der Waals surface area contributed by atoms with Crippen LogP contribution in [0.15, 0.2) is 97.1 Å². The predicted molar refractivity (Wildman–Crippen MR) is 137 cm³/mol. The molecule has 4 aromatic rings. The molecule has 3 heteroatoms. The minimum Gasteiger partial charge on any atom is -0.368 e. The Balaban J connectivity index is 1.66. The first-order valence-electron chi connectivity index (χ1n) is 11.4. The minimum atomic E-state index is -0.744. The lowest BCUT2D eigenvalue weighted by Crippen LogP contribution is -2.10. The van der Waals surface area contributed by atoms with Gasteiger partial charge in [0.2, 0.25) is 0 Å². The fourth-order valence-electron chi connectivity index (χ4n) is 3.98. The van der Waals surface area contributed by atoms with Crippen LogP contribution in [0.1, 0.15) is 23.6 Å². The second kappa shape index (κ2) is 10.5. The number of benzene rings is 4. The Morgan fingerprint density at radius 1 is 0.697 bits per heavy atom. The molecule has 0 aliphatic heterocycles. The second-order valence-corrected chi connectivity index (χ2v) is 8.43. The van der Waals surface area contributed by atoms with E-state index in [1.807, 2.05) is 6.07 Å². The highest BCUT2D eigenvalue weighted by Crippen LogP contribution is 2.36. The van der Waals surface area contributed by atoms with Crippen molar-refractivity contribution < 1.29 is 9.84 Å². The molecule has 0 saturated heterocycles. The smallest absolute Gasteiger partial charge is 0.151 e. The monoisotopic (exact) mass is 437 g/mol. The van der Waals surface area contributed by atoms with Crippen LogP contribution in [-0.2, 0) is 11.2 Å². The highest BCUT2D eigenvalue weighted by molar-refractivity contribution is 5.78. The van der Waals surface area contributed by atoms with Crippen molar-refractivity contribution in [2.24, 2.45) is 0 Å². The maximum atomic E-state index is 9.39. The van der Waals surface area contributed by atoms with Gasteiger partial charge < -0.3 is 14.7 Å². The van der Waals surface area contributed by atoms with E-state index in [9.17, 15) is 5.11 Å². The zero-order valence-electron chi connectivity index (χ0n) is 19.5. The molecule has 0 fully saturated rings. The molecule has 4 rings (SSSR count). The Morgan fingerprint density at radius 2 is 1.18 bits per heavy atom. The number of rotatable bonds is 8. The Labute approximate surface area is 196 Å². The van der Waals surface area contributed by atoms with Crippen molar-refractivity contribution in [3.05, 3.63) is 114 Å². The van der Waals surface area contributed by atoms with E-state index in [-0.39, 0.29) is 0 Å². The Bertz CT molecular complexity index is 1120. The molecular formula is C30H31NO2. The first-order valence-corrected chi connectivity index (χ1v) is 11.4. The fourth-order valence-corrected chi connectivity index (χ4v) is 3.98. The normalized spacial score (nSPS) is 11.9. The Hall–Kier alpha value is -3.40. The molecule has 3 nitrogen and oxygen atoms in total. The standard InChI is InChI=1S/C30H31NO2/c1-22-8-14-27(15-9-22)31(28-16-10-23(2)11-17-28)29-18-12-26(13-19-29)30-7-5-4-6-25(30)20-21-33-24(3)32/h4-19,24,32H,20-21H2,1-3H3. The quantitative estimate of drug-likeness (QED) is 0.293. The van der Waals surface area contributed by atoms with Gasteiger partial charge in [0.05, 0.1) is 6.61 Å². The van der Waals surface area contributed by atoms with Crippen molar-refractivity contribution in [3.63, 3.8) is 0 Å². The summed E-state index contributed by atoms with van der Waals surface area (Å²) in [6.45, 7) is 6.34. The summed E-state index contributed by atoms with van der Waals surface area (Å²) in [5, 5.41) is 9.39. The molecule has 0 aromatic heterocycles. The molecule has 1 unspecified atom stereocenters. The number of hydrogen-bond donors (Lipinski definition) is 1. The maximum absolute atomic E-state index is 9.39. The van der Waals surface area contributed by atoms with E-state index in [1.54, 1.807) is 6.92 Å². The van der Waals surface area contributed by atoms with E-state index in [4.69, 9.17) is 4.74 Å². The number of aliphatic hydroxyl groups is 1. The van der Waals surface area contributed by atoms with Crippen molar-refractivity contribution in [2.75, 3.05) is 11.5 Å². The second-order valence-electron chi connectivity index (χ2n) is 8.43. The van der Waals surface area contributed by atoms with Gasteiger partial charge in [-0.1, -0.05) is 71.8 Å². The Kier molecular flexibility index (Phi) is 7.23. The van der Waals surface area contributed by atoms with Gasteiger partial charge in [-0.05, 0) is 80.3 Å². The molecule has 0 radical (unpaired) electrons. The number of anilines is 3. The summed E-state index contributed by atoms with van der Waals surface area (Å²) in [5.41, 5.74) is 9.43. The highest BCUT2D eigenvalue weighted by atomic mass is 16.6. The molecule has 0 aliphatic carbocycles. The molecule has 0 saturated carbocycles. The maximum Gasteiger partial charge on any atom is 0.151 e. The average Bonchev–Trinajstić information content (AvgIpc) is 2.82. The van der Waals surface area contributed by atoms with Gasteiger partial charge in [-0.15, -0.1) is 0 Å². The number of nitrogens with zero attached hydrogens (tertiary/aromatic N) is 1. The molecule has 0 aliphatic rings. The lowest BCUT2D eigenvalue weighted by molar-refractivity contribution is -0.0838. The van der Waals surface area contributed by atoms with Crippen LogP contribution in [0.25, 0.3) is 11.1 Å². The number of ether oxygens (including phenoxy) is 1. The zero-order chi connectivity index (χ0) is 23.2. The van der Waals surface area contributed by atoms with Crippen LogP contribution in [0.4, 0.5) is 17.1 Å². The van der Waals surface area contributed by atoms with E-state index in [2.05, 4.69) is 110 Å². The van der Waals surface area contributed by atoms with Crippen molar-refractivity contribution in [2.45, 2.75) is 33.5 Å². The van der Waals surface area contributed by atoms with Crippen LogP contribution in [0.2, 0.25) is 0 Å². The van der Waals surface area contributed by atoms with Crippen molar-refractivity contribution in [1.82, 2.24) is 0 Å². The third-order valence-electron chi connectivity index (χ3n) is 5.77. The number of aryl methyl sites for hydroxylation is 2. The molecule has 1 N–H and O–H groups in total. The Morgan fingerprint density at radius 3 is 1.70 bits per heavy atom. The van der Waals surface area contributed by atoms with Gasteiger partial charge in [-0.25, -0.2) is 0 Å². The summed E-state index contributed by atoms with van der Waals surface area (Å²) in [5.74, 6) is 0. The molecular weight excluding hydrogens is 406 g/mol. The summed E-state index contributed by atoms with van der Waals surface area (Å²) >= 11 is 0. The summed E-state index contributed by atoms with van der Waals surface area (Å²) < 4.78 is 5.35. The minimum absolute atomic E-state index is 0.487. The van der Waals surface area contributed by atoms with Crippen LogP contribution >= 0.6 is 0 Å². The zero-order valence-corrected chi connectivity index (χ0v) is 19.5. The summed E-state index contributed by atoms with van der Waals surface area (Å²) in [6.07, 6.45) is 0.00720. The van der Waals surface area contributed by atoms with Gasteiger partial charge >= 0.3 is 0 Å². The number of hydrogen-bond acceptors (Lipinski definition) is 3. The van der Waals surface area contributed by atoms with E-state index in [1.165, 1.54) is 27.8 Å². The molecule has 1 atom stereocenters. The molecule has 0 bridgehead atoms. The predicted octanol–water partition coefficient (Wildman–Crippen LogP) is 7.34. The topological polar surface area (TPSA) is 32.7 Å². The van der Waals surface area contributed by atoms with Gasteiger partial charge in [-0.2, -0.15) is 0 Å².